The maximum Gasteiger partial charge on any atom is 0.191 e. The van der Waals surface area contributed by atoms with Gasteiger partial charge in [-0.2, -0.15) is 0 Å². The van der Waals surface area contributed by atoms with Crippen molar-refractivity contribution in [3.8, 4) is 0 Å². The van der Waals surface area contributed by atoms with Gasteiger partial charge in [-0.25, -0.2) is 0 Å². The monoisotopic (exact) mass is 198 g/mol. The van der Waals surface area contributed by atoms with E-state index in [0.29, 0.717) is 6.54 Å². The summed E-state index contributed by atoms with van der Waals surface area (Å²) in [6.07, 6.45) is 4.11. The Morgan fingerprint density at radius 3 is 2.85 bits per heavy atom. The molecule has 0 bridgehead atoms. The van der Waals surface area contributed by atoms with Gasteiger partial charge in [0.25, 0.3) is 0 Å². The molecule has 1 heterocycles. The van der Waals surface area contributed by atoms with E-state index in [1.807, 2.05) is 24.6 Å². The van der Waals surface area contributed by atoms with Crippen molar-refractivity contribution in [1.82, 2.24) is 14.8 Å². The fraction of sp³-hybridized carbons (Fsp3) is 0.500. The van der Waals surface area contributed by atoms with Gasteiger partial charge in [-0.05, 0) is 6.92 Å². The SMILES string of the molecule is CC=CCSc1nnc(CN)n1C. The second-order valence-corrected chi connectivity index (χ2v) is 3.53. The van der Waals surface area contributed by atoms with Crippen molar-refractivity contribution in [2.24, 2.45) is 12.8 Å². The molecule has 0 aliphatic rings. The van der Waals surface area contributed by atoms with Crippen LogP contribution in [-0.4, -0.2) is 20.5 Å². The van der Waals surface area contributed by atoms with Gasteiger partial charge in [0.15, 0.2) is 5.16 Å². The molecule has 4 nitrogen and oxygen atoms in total. The average Bonchev–Trinajstić information content (AvgIpc) is 2.48. The molecule has 0 aliphatic heterocycles. The predicted molar refractivity (Wildman–Crippen MR) is 54.4 cm³/mol. The van der Waals surface area contributed by atoms with Gasteiger partial charge in [-0.1, -0.05) is 23.9 Å². The molecule has 0 spiro atoms. The molecular weight excluding hydrogens is 184 g/mol. The maximum absolute atomic E-state index is 5.47. The third-order valence-corrected chi connectivity index (χ3v) is 2.62. The van der Waals surface area contributed by atoms with Gasteiger partial charge in [-0.15, -0.1) is 10.2 Å². The van der Waals surface area contributed by atoms with Crippen LogP contribution in [0.25, 0.3) is 0 Å². The van der Waals surface area contributed by atoms with Gasteiger partial charge in [-0.3, -0.25) is 0 Å². The lowest BCUT2D eigenvalue weighted by Gasteiger charge is -1.99. The second-order valence-electron chi connectivity index (χ2n) is 2.54. The molecule has 0 saturated heterocycles. The minimum Gasteiger partial charge on any atom is -0.324 e. The summed E-state index contributed by atoms with van der Waals surface area (Å²) in [5.74, 6) is 1.75. The van der Waals surface area contributed by atoms with E-state index in [1.54, 1.807) is 11.8 Å². The predicted octanol–water partition coefficient (Wildman–Crippen LogP) is 0.942. The van der Waals surface area contributed by atoms with Crippen molar-refractivity contribution in [3.05, 3.63) is 18.0 Å². The van der Waals surface area contributed by atoms with Gasteiger partial charge >= 0.3 is 0 Å². The minimum absolute atomic E-state index is 0.438. The average molecular weight is 198 g/mol. The van der Waals surface area contributed by atoms with Crippen LogP contribution in [0.1, 0.15) is 12.7 Å². The molecule has 0 fully saturated rings. The topological polar surface area (TPSA) is 56.7 Å². The van der Waals surface area contributed by atoms with Crippen LogP contribution in [0.3, 0.4) is 0 Å². The smallest absolute Gasteiger partial charge is 0.191 e. The van der Waals surface area contributed by atoms with Gasteiger partial charge in [0.05, 0.1) is 6.54 Å². The molecule has 0 radical (unpaired) electrons. The normalized spacial score (nSPS) is 11.3. The highest BCUT2D eigenvalue weighted by Gasteiger charge is 2.05. The van der Waals surface area contributed by atoms with Crippen molar-refractivity contribution < 1.29 is 0 Å². The number of thioether (sulfide) groups is 1. The fourth-order valence-electron chi connectivity index (χ4n) is 0.867. The molecular formula is C8H14N4S. The number of hydrogen-bond donors (Lipinski definition) is 1. The van der Waals surface area contributed by atoms with Gasteiger partial charge in [0, 0.05) is 12.8 Å². The summed E-state index contributed by atoms with van der Waals surface area (Å²) >= 11 is 1.65. The van der Waals surface area contributed by atoms with Crippen molar-refractivity contribution in [1.29, 1.82) is 0 Å². The Balaban J connectivity index is 2.61. The first-order valence-corrected chi connectivity index (χ1v) is 5.10. The number of rotatable bonds is 4. The van der Waals surface area contributed by atoms with Crippen molar-refractivity contribution in [2.45, 2.75) is 18.6 Å². The highest BCUT2D eigenvalue weighted by molar-refractivity contribution is 7.99. The summed E-state index contributed by atoms with van der Waals surface area (Å²) in [5, 5.41) is 8.89. The molecule has 0 saturated carbocycles. The fourth-order valence-corrected chi connectivity index (χ4v) is 1.70. The summed E-state index contributed by atoms with van der Waals surface area (Å²) in [6.45, 7) is 2.44. The standard InChI is InChI=1S/C8H14N4S/c1-3-4-5-13-8-11-10-7(6-9)12(8)2/h3-4H,5-6,9H2,1-2H3. The molecule has 0 amide bonds. The number of hydrogen-bond acceptors (Lipinski definition) is 4. The van der Waals surface area contributed by atoms with E-state index in [1.165, 1.54) is 0 Å². The molecule has 72 valence electrons. The zero-order valence-electron chi connectivity index (χ0n) is 7.90. The van der Waals surface area contributed by atoms with Crippen LogP contribution in [0, 0.1) is 0 Å². The van der Waals surface area contributed by atoms with E-state index in [4.69, 9.17) is 5.73 Å². The first-order chi connectivity index (χ1) is 6.29. The number of nitrogens with zero attached hydrogens (tertiary/aromatic N) is 3. The van der Waals surface area contributed by atoms with Crippen LogP contribution in [0.5, 0.6) is 0 Å². The van der Waals surface area contributed by atoms with Crippen LogP contribution in [0.2, 0.25) is 0 Å². The molecule has 5 heteroatoms. The quantitative estimate of drug-likeness (QED) is 0.578. The van der Waals surface area contributed by atoms with Crippen LogP contribution in [0.15, 0.2) is 17.3 Å². The molecule has 1 aromatic rings. The number of aromatic nitrogens is 3. The molecule has 1 aromatic heterocycles. The maximum atomic E-state index is 5.47. The minimum atomic E-state index is 0.438. The Morgan fingerprint density at radius 1 is 1.54 bits per heavy atom. The zero-order valence-corrected chi connectivity index (χ0v) is 8.71. The Kier molecular flexibility index (Phi) is 3.98. The Labute approximate surface area is 82.2 Å². The molecule has 0 aliphatic carbocycles. The second kappa shape index (κ2) is 5.04. The first-order valence-electron chi connectivity index (χ1n) is 4.12. The van der Waals surface area contributed by atoms with Crippen LogP contribution in [-0.2, 0) is 13.6 Å². The zero-order chi connectivity index (χ0) is 9.68. The van der Waals surface area contributed by atoms with Crippen LogP contribution in [0.4, 0.5) is 0 Å². The molecule has 0 unspecified atom stereocenters. The van der Waals surface area contributed by atoms with Crippen molar-refractivity contribution in [2.75, 3.05) is 5.75 Å². The van der Waals surface area contributed by atoms with E-state index in [2.05, 4.69) is 16.3 Å². The number of allylic oxidation sites excluding steroid dienone is 1. The van der Waals surface area contributed by atoms with Crippen LogP contribution < -0.4 is 5.73 Å². The first kappa shape index (κ1) is 10.3. The Morgan fingerprint density at radius 2 is 2.31 bits per heavy atom. The summed E-state index contributed by atoms with van der Waals surface area (Å²) in [5.41, 5.74) is 5.47. The molecule has 13 heavy (non-hydrogen) atoms. The molecule has 2 N–H and O–H groups in total. The van der Waals surface area contributed by atoms with E-state index in [-0.39, 0.29) is 0 Å². The summed E-state index contributed by atoms with van der Waals surface area (Å²) in [6, 6.07) is 0. The van der Waals surface area contributed by atoms with Gasteiger partial charge in [0.1, 0.15) is 5.82 Å². The number of nitrogens with two attached hydrogens (primary N) is 1. The Hall–Kier alpha value is -0.810. The third-order valence-electron chi connectivity index (χ3n) is 1.65. The highest BCUT2D eigenvalue weighted by atomic mass is 32.2. The summed E-state index contributed by atoms with van der Waals surface area (Å²) < 4.78 is 1.92. The third kappa shape index (κ3) is 2.57. The molecule has 0 atom stereocenters. The van der Waals surface area contributed by atoms with E-state index < -0.39 is 0 Å². The summed E-state index contributed by atoms with van der Waals surface area (Å²) in [4.78, 5) is 0. The van der Waals surface area contributed by atoms with Gasteiger partial charge < -0.3 is 10.3 Å². The molecule has 1 rings (SSSR count). The Bertz CT molecular complexity index is 292. The van der Waals surface area contributed by atoms with Crippen LogP contribution >= 0.6 is 11.8 Å². The highest BCUT2D eigenvalue weighted by Crippen LogP contribution is 2.14. The van der Waals surface area contributed by atoms with Crippen molar-refractivity contribution in [3.63, 3.8) is 0 Å². The van der Waals surface area contributed by atoms with E-state index >= 15 is 0 Å². The molecule has 0 aromatic carbocycles. The van der Waals surface area contributed by atoms with E-state index in [9.17, 15) is 0 Å². The lowest BCUT2D eigenvalue weighted by Crippen LogP contribution is -2.05. The van der Waals surface area contributed by atoms with Crippen molar-refractivity contribution >= 4 is 11.8 Å². The van der Waals surface area contributed by atoms with E-state index in [0.717, 1.165) is 16.7 Å². The summed E-state index contributed by atoms with van der Waals surface area (Å²) in [7, 11) is 1.93. The lowest BCUT2D eigenvalue weighted by atomic mass is 10.6. The lowest BCUT2D eigenvalue weighted by molar-refractivity contribution is 0.735. The van der Waals surface area contributed by atoms with Gasteiger partial charge in [0.2, 0.25) is 0 Å². The largest absolute Gasteiger partial charge is 0.324 e.